The Morgan fingerprint density at radius 2 is 1.52 bits per heavy atom. The second-order valence-corrected chi connectivity index (χ2v) is 8.02. The van der Waals surface area contributed by atoms with Crippen molar-refractivity contribution >= 4 is 33.2 Å². The summed E-state index contributed by atoms with van der Waals surface area (Å²) in [4.78, 5) is 23.0. The van der Waals surface area contributed by atoms with Crippen molar-refractivity contribution in [2.24, 2.45) is 0 Å². The summed E-state index contributed by atoms with van der Waals surface area (Å²) < 4.78 is 27.6. The van der Waals surface area contributed by atoms with Crippen LogP contribution in [-0.4, -0.2) is 26.3 Å². The predicted octanol–water partition coefficient (Wildman–Crippen LogP) is 2.57. The number of hydrogen-bond donors (Lipinski definition) is 3. The third-order valence-electron chi connectivity index (χ3n) is 4.00. The van der Waals surface area contributed by atoms with Gasteiger partial charge in [0, 0.05) is 18.3 Å². The Morgan fingerprint density at radius 1 is 0.926 bits per heavy atom. The van der Waals surface area contributed by atoms with Gasteiger partial charge in [0.2, 0.25) is 11.8 Å². The molecule has 0 aliphatic rings. The van der Waals surface area contributed by atoms with Crippen LogP contribution in [0.3, 0.4) is 0 Å². The van der Waals surface area contributed by atoms with E-state index in [-0.39, 0.29) is 10.8 Å². The first-order valence-electron chi connectivity index (χ1n) is 8.36. The molecule has 0 saturated heterocycles. The first kappa shape index (κ1) is 20.4. The van der Waals surface area contributed by atoms with Crippen LogP contribution in [0, 0.1) is 13.8 Å². The van der Waals surface area contributed by atoms with Gasteiger partial charge < -0.3 is 10.6 Å². The fourth-order valence-electron chi connectivity index (χ4n) is 2.36. The van der Waals surface area contributed by atoms with Gasteiger partial charge in [-0.3, -0.25) is 14.3 Å². The molecule has 7 nitrogen and oxygen atoms in total. The summed E-state index contributed by atoms with van der Waals surface area (Å²) in [7, 11) is -3.74. The van der Waals surface area contributed by atoms with Gasteiger partial charge in [-0.1, -0.05) is 6.07 Å². The van der Waals surface area contributed by atoms with E-state index in [1.165, 1.54) is 31.2 Å². The number of nitrogens with one attached hydrogen (secondary N) is 3. The van der Waals surface area contributed by atoms with Crippen molar-refractivity contribution in [3.8, 4) is 0 Å². The number of anilines is 2. The first-order chi connectivity index (χ1) is 12.6. The second kappa shape index (κ2) is 8.22. The van der Waals surface area contributed by atoms with E-state index in [1.54, 1.807) is 19.1 Å². The van der Waals surface area contributed by atoms with E-state index in [2.05, 4.69) is 15.4 Å². The molecule has 1 atom stereocenters. The van der Waals surface area contributed by atoms with E-state index in [0.717, 1.165) is 11.1 Å². The molecule has 0 aliphatic heterocycles. The van der Waals surface area contributed by atoms with Crippen molar-refractivity contribution in [3.63, 3.8) is 0 Å². The van der Waals surface area contributed by atoms with Crippen LogP contribution in [0.4, 0.5) is 11.4 Å². The Balaban J connectivity index is 2.10. The van der Waals surface area contributed by atoms with Crippen LogP contribution in [0.2, 0.25) is 0 Å². The Kier molecular flexibility index (Phi) is 6.22. The molecule has 0 aromatic heterocycles. The normalized spacial score (nSPS) is 12.1. The smallest absolute Gasteiger partial charge is 0.261 e. The summed E-state index contributed by atoms with van der Waals surface area (Å²) in [5.41, 5.74) is 2.98. The van der Waals surface area contributed by atoms with Crippen LogP contribution in [0.25, 0.3) is 0 Å². The maximum absolute atomic E-state index is 12.5. The van der Waals surface area contributed by atoms with Crippen molar-refractivity contribution in [1.82, 2.24) is 5.32 Å². The topological polar surface area (TPSA) is 104 Å². The zero-order chi connectivity index (χ0) is 20.2. The zero-order valence-corrected chi connectivity index (χ0v) is 16.5. The van der Waals surface area contributed by atoms with Crippen molar-refractivity contribution in [2.45, 2.75) is 38.6 Å². The largest absolute Gasteiger partial charge is 0.345 e. The van der Waals surface area contributed by atoms with Gasteiger partial charge in [-0.05, 0) is 68.3 Å². The summed E-state index contributed by atoms with van der Waals surface area (Å²) in [6, 6.07) is 10.4. The predicted molar refractivity (Wildman–Crippen MR) is 105 cm³/mol. The first-order valence-corrected chi connectivity index (χ1v) is 9.85. The average Bonchev–Trinajstić information content (AvgIpc) is 2.58. The number of amides is 2. The molecule has 2 aromatic rings. The highest BCUT2D eigenvalue weighted by Gasteiger charge is 2.16. The maximum Gasteiger partial charge on any atom is 0.261 e. The molecule has 2 amide bonds. The monoisotopic (exact) mass is 389 g/mol. The minimum Gasteiger partial charge on any atom is -0.345 e. The van der Waals surface area contributed by atoms with Gasteiger partial charge in [0.05, 0.1) is 4.90 Å². The van der Waals surface area contributed by atoms with E-state index >= 15 is 0 Å². The molecule has 0 aliphatic carbocycles. The molecular weight excluding hydrogens is 366 g/mol. The lowest BCUT2D eigenvalue weighted by molar-refractivity contribution is -0.124. The molecule has 8 heteroatoms. The molecule has 0 radical (unpaired) electrons. The van der Waals surface area contributed by atoms with Gasteiger partial charge in [0.1, 0.15) is 6.04 Å². The van der Waals surface area contributed by atoms with E-state index < -0.39 is 22.0 Å². The molecule has 27 heavy (non-hydrogen) atoms. The van der Waals surface area contributed by atoms with Crippen molar-refractivity contribution in [1.29, 1.82) is 0 Å². The van der Waals surface area contributed by atoms with Crippen molar-refractivity contribution in [2.75, 3.05) is 10.0 Å². The Labute approximate surface area is 159 Å². The second-order valence-electron chi connectivity index (χ2n) is 6.34. The lowest BCUT2D eigenvalue weighted by Gasteiger charge is -2.13. The molecule has 0 heterocycles. The van der Waals surface area contributed by atoms with Gasteiger partial charge in [0.15, 0.2) is 0 Å². The van der Waals surface area contributed by atoms with E-state index in [9.17, 15) is 18.0 Å². The third kappa shape index (κ3) is 5.55. The lowest BCUT2D eigenvalue weighted by atomic mass is 10.1. The fourth-order valence-corrected chi connectivity index (χ4v) is 3.41. The SMILES string of the molecule is CC(=O)NC(C)C(=O)Nc1ccc(S(=O)(=O)Nc2ccc(C)c(C)c2)cc1. The lowest BCUT2D eigenvalue weighted by Crippen LogP contribution is -2.40. The molecule has 2 rings (SSSR count). The summed E-state index contributed by atoms with van der Waals surface area (Å²) in [6.45, 7) is 6.75. The van der Waals surface area contributed by atoms with Gasteiger partial charge in [-0.2, -0.15) is 0 Å². The van der Waals surface area contributed by atoms with Gasteiger partial charge in [-0.15, -0.1) is 0 Å². The molecule has 0 fully saturated rings. The highest BCUT2D eigenvalue weighted by molar-refractivity contribution is 7.92. The molecule has 2 aromatic carbocycles. The third-order valence-corrected chi connectivity index (χ3v) is 5.40. The Morgan fingerprint density at radius 3 is 2.07 bits per heavy atom. The van der Waals surface area contributed by atoms with E-state index in [1.807, 2.05) is 19.9 Å². The van der Waals surface area contributed by atoms with Crippen LogP contribution in [0.1, 0.15) is 25.0 Å². The summed E-state index contributed by atoms with van der Waals surface area (Å²) in [5.74, 6) is -0.703. The Hall–Kier alpha value is -2.87. The number of sulfonamides is 1. The number of carbonyl (C=O) groups is 2. The number of aryl methyl sites for hydroxylation is 2. The summed E-state index contributed by atoms with van der Waals surface area (Å²) >= 11 is 0. The number of benzene rings is 2. The summed E-state index contributed by atoms with van der Waals surface area (Å²) in [6.07, 6.45) is 0. The van der Waals surface area contributed by atoms with Gasteiger partial charge in [0.25, 0.3) is 10.0 Å². The van der Waals surface area contributed by atoms with Crippen molar-refractivity contribution < 1.29 is 18.0 Å². The fraction of sp³-hybridized carbons (Fsp3) is 0.263. The Bertz CT molecular complexity index is 953. The molecule has 3 N–H and O–H groups in total. The van der Waals surface area contributed by atoms with Crippen LogP contribution in [-0.2, 0) is 19.6 Å². The molecule has 0 spiro atoms. The molecule has 0 saturated carbocycles. The van der Waals surface area contributed by atoms with E-state index in [0.29, 0.717) is 11.4 Å². The van der Waals surface area contributed by atoms with E-state index in [4.69, 9.17) is 0 Å². The van der Waals surface area contributed by atoms with Crippen LogP contribution >= 0.6 is 0 Å². The van der Waals surface area contributed by atoms with Crippen LogP contribution < -0.4 is 15.4 Å². The minimum absolute atomic E-state index is 0.0774. The zero-order valence-electron chi connectivity index (χ0n) is 15.7. The molecule has 1 unspecified atom stereocenters. The molecular formula is C19H23N3O4S. The van der Waals surface area contributed by atoms with Gasteiger partial charge >= 0.3 is 0 Å². The highest BCUT2D eigenvalue weighted by Crippen LogP contribution is 2.20. The minimum atomic E-state index is -3.74. The quantitative estimate of drug-likeness (QED) is 0.706. The molecule has 144 valence electrons. The van der Waals surface area contributed by atoms with Crippen LogP contribution in [0.15, 0.2) is 47.4 Å². The standard InChI is InChI=1S/C19H23N3O4S/c1-12-5-6-17(11-13(12)2)22-27(25,26)18-9-7-16(8-10-18)21-19(24)14(3)20-15(4)23/h5-11,14,22H,1-4H3,(H,20,23)(H,21,24). The number of carbonyl (C=O) groups excluding carboxylic acids is 2. The van der Waals surface area contributed by atoms with Gasteiger partial charge in [-0.25, -0.2) is 8.42 Å². The van der Waals surface area contributed by atoms with Crippen molar-refractivity contribution in [3.05, 3.63) is 53.6 Å². The van der Waals surface area contributed by atoms with Crippen LogP contribution in [0.5, 0.6) is 0 Å². The maximum atomic E-state index is 12.5. The molecule has 0 bridgehead atoms. The summed E-state index contributed by atoms with van der Waals surface area (Å²) in [5, 5.41) is 5.10. The average molecular weight is 389 g/mol. The highest BCUT2D eigenvalue weighted by atomic mass is 32.2. The number of rotatable bonds is 6. The number of hydrogen-bond acceptors (Lipinski definition) is 4.